The minimum atomic E-state index is -2.94. The number of carbonyl (C=O) groups is 3. The van der Waals surface area contributed by atoms with Crippen LogP contribution in [0.3, 0.4) is 0 Å². The molecular formula is C29H30N2O8S. The van der Waals surface area contributed by atoms with Gasteiger partial charge in [-0.1, -0.05) is 37.3 Å². The third kappa shape index (κ3) is 3.87. The maximum atomic E-state index is 14.2. The fourth-order valence-corrected chi connectivity index (χ4v) is 7.52. The van der Waals surface area contributed by atoms with Crippen molar-refractivity contribution < 1.29 is 39.9 Å². The first-order chi connectivity index (χ1) is 19.0. The van der Waals surface area contributed by atoms with Gasteiger partial charge in [-0.25, -0.2) is 0 Å². The molecule has 0 heterocycles. The van der Waals surface area contributed by atoms with E-state index in [1.54, 1.807) is 19.1 Å². The molecule has 0 aromatic heterocycles. The summed E-state index contributed by atoms with van der Waals surface area (Å²) in [5, 5.41) is 57.0. The molecule has 0 bridgehead atoms. The number of benzene rings is 2. The number of rotatable bonds is 6. The van der Waals surface area contributed by atoms with E-state index in [1.165, 1.54) is 29.8 Å². The number of thioether (sulfide) groups is 1. The van der Waals surface area contributed by atoms with Gasteiger partial charge in [0, 0.05) is 28.1 Å². The summed E-state index contributed by atoms with van der Waals surface area (Å²) in [5.41, 5.74) is 1.57. The molecule has 4 unspecified atom stereocenters. The lowest BCUT2D eigenvalue weighted by Gasteiger charge is -2.54. The van der Waals surface area contributed by atoms with Crippen molar-refractivity contribution in [1.29, 1.82) is 0 Å². The maximum absolute atomic E-state index is 14.2. The number of fused-ring (bicyclic) bond motifs is 3. The van der Waals surface area contributed by atoms with Crippen molar-refractivity contribution >= 4 is 35.0 Å². The van der Waals surface area contributed by atoms with Crippen molar-refractivity contribution in [1.82, 2.24) is 4.90 Å². The van der Waals surface area contributed by atoms with Gasteiger partial charge in [-0.15, -0.1) is 11.8 Å². The summed E-state index contributed by atoms with van der Waals surface area (Å²) >= 11 is 1.43. The van der Waals surface area contributed by atoms with Crippen LogP contribution in [0.4, 0.5) is 0 Å². The third-order valence-corrected chi connectivity index (χ3v) is 9.52. The average molecular weight is 567 g/mol. The van der Waals surface area contributed by atoms with Crippen LogP contribution < -0.4 is 5.73 Å². The molecule has 1 fully saturated rings. The average Bonchev–Trinajstić information content (AvgIpc) is 2.92. The van der Waals surface area contributed by atoms with E-state index in [-0.39, 0.29) is 17.9 Å². The van der Waals surface area contributed by atoms with E-state index in [9.17, 15) is 39.9 Å². The van der Waals surface area contributed by atoms with E-state index in [1.807, 2.05) is 30.3 Å². The van der Waals surface area contributed by atoms with Gasteiger partial charge in [-0.2, -0.15) is 0 Å². The molecule has 210 valence electrons. The first-order valence-electron chi connectivity index (χ1n) is 12.8. The Morgan fingerprint density at radius 1 is 1.07 bits per heavy atom. The Labute approximate surface area is 234 Å². The van der Waals surface area contributed by atoms with Gasteiger partial charge in [0.25, 0.3) is 5.91 Å². The summed E-state index contributed by atoms with van der Waals surface area (Å²) in [4.78, 5) is 42.3. The molecule has 7 N–H and O–H groups in total. The molecular weight excluding hydrogens is 536 g/mol. The quantitative estimate of drug-likeness (QED) is 0.222. The molecule has 3 aliphatic carbocycles. The number of phenolic OH excluding ortho intramolecular Hbond substituents is 1. The van der Waals surface area contributed by atoms with Crippen molar-refractivity contribution in [2.75, 3.05) is 19.3 Å². The molecule has 2 aromatic rings. The molecule has 40 heavy (non-hydrogen) atoms. The van der Waals surface area contributed by atoms with Crippen molar-refractivity contribution in [2.24, 2.45) is 17.6 Å². The number of hydrogen-bond donors (Lipinski definition) is 6. The summed E-state index contributed by atoms with van der Waals surface area (Å²) < 4.78 is 0. The number of nitrogens with zero attached hydrogens (tertiary/aromatic N) is 1. The summed E-state index contributed by atoms with van der Waals surface area (Å²) in [6, 6.07) is 12.6. The summed E-state index contributed by atoms with van der Waals surface area (Å²) in [6.45, 7) is 1.95. The Bertz CT molecular complexity index is 1470. The van der Waals surface area contributed by atoms with E-state index in [0.29, 0.717) is 11.3 Å². The standard InChI is InChI=1S/C29H30N2O8S/c1-3-31(2)22-21-24(34)18-15(12-40-13-8-5-4-6-9-13)14-10-7-11-16(32)17(14)23(33)19(18)26(36)29(21,39)27(37)20(25(22)35)28(30)38/h4-11,15,18,21-22,24,32-34,37,39H,3,12H2,1-2H3,(H2,30,38)/t15?,18?,21?,22-,24?,29-/m0/s1. The number of aliphatic hydroxyl groups is 4. The predicted octanol–water partition coefficient (Wildman–Crippen LogP) is 1.66. The van der Waals surface area contributed by atoms with Crippen LogP contribution in [0, 0.1) is 11.8 Å². The molecule has 0 saturated heterocycles. The van der Waals surface area contributed by atoms with Crippen molar-refractivity contribution in [3.05, 3.63) is 76.6 Å². The van der Waals surface area contributed by atoms with E-state index in [0.717, 1.165) is 4.90 Å². The van der Waals surface area contributed by atoms with Gasteiger partial charge < -0.3 is 31.3 Å². The Morgan fingerprint density at radius 2 is 1.75 bits per heavy atom. The number of aromatic hydroxyl groups is 1. The van der Waals surface area contributed by atoms with Gasteiger partial charge in [0.15, 0.2) is 11.4 Å². The fourth-order valence-electron chi connectivity index (χ4n) is 6.41. The van der Waals surface area contributed by atoms with Crippen LogP contribution in [0.25, 0.3) is 5.76 Å². The van der Waals surface area contributed by atoms with E-state index < -0.39 is 75.6 Å². The third-order valence-electron chi connectivity index (χ3n) is 8.39. The number of hydrogen-bond acceptors (Lipinski definition) is 10. The largest absolute Gasteiger partial charge is 0.508 e. The van der Waals surface area contributed by atoms with Gasteiger partial charge in [0.1, 0.15) is 22.8 Å². The van der Waals surface area contributed by atoms with Crippen LogP contribution in [0.2, 0.25) is 0 Å². The number of ketones is 2. The zero-order valence-corrected chi connectivity index (χ0v) is 22.6. The number of phenols is 1. The van der Waals surface area contributed by atoms with Crippen molar-refractivity contribution in [2.45, 2.75) is 35.5 Å². The maximum Gasteiger partial charge on any atom is 0.255 e. The monoisotopic (exact) mass is 566 g/mol. The molecule has 2 aromatic carbocycles. The van der Waals surface area contributed by atoms with E-state index >= 15 is 0 Å². The Hall–Kier alpha value is -3.64. The highest BCUT2D eigenvalue weighted by atomic mass is 32.2. The molecule has 0 aliphatic heterocycles. The van der Waals surface area contributed by atoms with Gasteiger partial charge >= 0.3 is 0 Å². The van der Waals surface area contributed by atoms with Gasteiger partial charge in [-0.05, 0) is 37.4 Å². The molecule has 0 spiro atoms. The molecule has 1 saturated carbocycles. The zero-order valence-electron chi connectivity index (χ0n) is 21.8. The Morgan fingerprint density at radius 3 is 2.38 bits per heavy atom. The molecule has 10 nitrogen and oxygen atoms in total. The Balaban J connectivity index is 1.75. The number of aliphatic hydroxyl groups excluding tert-OH is 3. The van der Waals surface area contributed by atoms with Gasteiger partial charge in [0.2, 0.25) is 5.78 Å². The second-order valence-electron chi connectivity index (χ2n) is 10.3. The van der Waals surface area contributed by atoms with Gasteiger partial charge in [-0.3, -0.25) is 19.3 Å². The number of nitrogens with two attached hydrogens (primary N) is 1. The molecule has 5 rings (SSSR count). The molecule has 3 aliphatic rings. The highest BCUT2D eigenvalue weighted by Crippen LogP contribution is 2.57. The van der Waals surface area contributed by atoms with Crippen LogP contribution in [0.1, 0.15) is 24.0 Å². The summed E-state index contributed by atoms with van der Waals surface area (Å²) in [5.74, 6) is -8.72. The van der Waals surface area contributed by atoms with Crippen molar-refractivity contribution in [3.63, 3.8) is 0 Å². The number of carbonyl (C=O) groups excluding carboxylic acids is 3. The minimum absolute atomic E-state index is 0.0253. The lowest BCUT2D eigenvalue weighted by Crippen LogP contribution is -2.71. The fraction of sp³-hybridized carbons (Fsp3) is 0.345. The van der Waals surface area contributed by atoms with Crippen LogP contribution in [-0.4, -0.2) is 85.0 Å². The molecule has 6 atom stereocenters. The van der Waals surface area contributed by atoms with E-state index in [2.05, 4.69) is 0 Å². The number of Topliss-reactive ketones (excluding diaryl/α,β-unsaturated/α-hetero) is 2. The molecule has 1 amide bonds. The number of likely N-dealkylation sites (N-methyl/N-ethyl adjacent to an activating group) is 1. The highest BCUT2D eigenvalue weighted by molar-refractivity contribution is 7.99. The predicted molar refractivity (Wildman–Crippen MR) is 146 cm³/mol. The smallest absolute Gasteiger partial charge is 0.255 e. The highest BCUT2D eigenvalue weighted by Gasteiger charge is 2.68. The van der Waals surface area contributed by atoms with Gasteiger partial charge in [0.05, 0.1) is 23.6 Å². The lowest BCUT2D eigenvalue weighted by molar-refractivity contribution is -0.170. The second kappa shape index (κ2) is 10.1. The van der Waals surface area contributed by atoms with Crippen LogP contribution in [-0.2, 0) is 14.4 Å². The molecule has 11 heteroatoms. The topological polar surface area (TPSA) is 182 Å². The van der Waals surface area contributed by atoms with E-state index in [4.69, 9.17) is 5.73 Å². The second-order valence-corrected chi connectivity index (χ2v) is 11.4. The van der Waals surface area contributed by atoms with Crippen molar-refractivity contribution in [3.8, 4) is 5.75 Å². The molecule has 0 radical (unpaired) electrons. The zero-order chi connectivity index (χ0) is 29.1. The summed E-state index contributed by atoms with van der Waals surface area (Å²) in [7, 11) is 1.53. The number of amides is 1. The minimum Gasteiger partial charge on any atom is -0.508 e. The van der Waals surface area contributed by atoms with Crippen LogP contribution in [0.5, 0.6) is 5.75 Å². The summed E-state index contributed by atoms with van der Waals surface area (Å²) in [6.07, 6.45) is -1.64. The SMILES string of the molecule is CCN(C)[C@@H]1C(=O)C(C(N)=O)=C(O)[C@@]2(O)C(=O)C3=C(O)c4c(O)cccc4C(CSc4ccccc4)C3C(O)C12. The lowest BCUT2D eigenvalue weighted by atomic mass is 9.54. The first-order valence-corrected chi connectivity index (χ1v) is 13.8. The first kappa shape index (κ1) is 27.9. The van der Waals surface area contributed by atoms with Crippen LogP contribution in [0.15, 0.2) is 70.3 Å². The Kier molecular flexibility index (Phi) is 7.03. The normalized spacial score (nSPS) is 29.8. The van der Waals surface area contributed by atoms with Crippen LogP contribution >= 0.6 is 11.8 Å². The number of primary amides is 1.